The Hall–Kier alpha value is -2.91. The third kappa shape index (κ3) is 7.30. The fraction of sp³-hybridized carbons (Fsp3) is 0.417. The Kier molecular flexibility index (Phi) is 9.43. The van der Waals surface area contributed by atoms with Crippen LogP contribution in [0.2, 0.25) is 0 Å². The number of rotatable bonds is 11. The molecule has 1 amide bonds. The van der Waals surface area contributed by atoms with Crippen molar-refractivity contribution in [1.82, 2.24) is 4.31 Å². The van der Waals surface area contributed by atoms with Gasteiger partial charge in [-0.1, -0.05) is 25.8 Å². The summed E-state index contributed by atoms with van der Waals surface area (Å²) >= 11 is 0. The topological polar surface area (TPSA) is 102 Å². The Balaban J connectivity index is 2.00. The van der Waals surface area contributed by atoms with Gasteiger partial charge in [-0.3, -0.25) is 4.79 Å². The van der Waals surface area contributed by atoms with Crippen LogP contribution in [0.25, 0.3) is 0 Å². The van der Waals surface area contributed by atoms with Crippen LogP contribution in [0.3, 0.4) is 0 Å². The fourth-order valence-corrected chi connectivity index (χ4v) is 3.78. The summed E-state index contributed by atoms with van der Waals surface area (Å²) in [5.74, 6) is -0.547. The van der Waals surface area contributed by atoms with Crippen molar-refractivity contribution in [2.24, 2.45) is 0 Å². The van der Waals surface area contributed by atoms with Crippen LogP contribution in [-0.2, 0) is 19.6 Å². The van der Waals surface area contributed by atoms with E-state index in [1.807, 2.05) is 0 Å². The first-order chi connectivity index (χ1) is 15.6. The van der Waals surface area contributed by atoms with Gasteiger partial charge in [0.2, 0.25) is 10.0 Å². The Labute approximate surface area is 195 Å². The Morgan fingerprint density at radius 1 is 1.06 bits per heavy atom. The van der Waals surface area contributed by atoms with Crippen LogP contribution in [0, 0.1) is 6.92 Å². The first-order valence-corrected chi connectivity index (χ1v) is 12.3. The van der Waals surface area contributed by atoms with Crippen molar-refractivity contribution in [2.45, 2.75) is 51.0 Å². The molecule has 0 aliphatic carbocycles. The second kappa shape index (κ2) is 11.8. The molecule has 180 valence electrons. The second-order valence-corrected chi connectivity index (χ2v) is 10.0. The number of aryl methyl sites for hydroxylation is 1. The number of carbonyl (C=O) groups is 2. The predicted molar refractivity (Wildman–Crippen MR) is 127 cm³/mol. The Morgan fingerprint density at radius 2 is 1.73 bits per heavy atom. The molecule has 0 aliphatic rings. The predicted octanol–water partition coefficient (Wildman–Crippen LogP) is 4.00. The largest absolute Gasteiger partial charge is 0.494 e. The molecular weight excluding hydrogens is 444 g/mol. The molecule has 1 N–H and O–H groups in total. The van der Waals surface area contributed by atoms with Gasteiger partial charge >= 0.3 is 5.97 Å². The first kappa shape index (κ1) is 26.3. The van der Waals surface area contributed by atoms with Crippen molar-refractivity contribution < 1.29 is 27.5 Å². The van der Waals surface area contributed by atoms with Crippen LogP contribution in [0.5, 0.6) is 5.75 Å². The highest BCUT2D eigenvalue weighted by Crippen LogP contribution is 2.22. The molecule has 0 heterocycles. The molecule has 9 heteroatoms. The highest BCUT2D eigenvalue weighted by molar-refractivity contribution is 7.89. The molecular formula is C24H32N2O6S. The van der Waals surface area contributed by atoms with E-state index in [1.165, 1.54) is 33.2 Å². The maximum atomic E-state index is 12.6. The molecule has 33 heavy (non-hydrogen) atoms. The van der Waals surface area contributed by atoms with Gasteiger partial charge in [0.05, 0.1) is 17.1 Å². The number of carbonyl (C=O) groups excluding carboxylic acids is 2. The second-order valence-electron chi connectivity index (χ2n) is 7.88. The van der Waals surface area contributed by atoms with Crippen molar-refractivity contribution >= 4 is 27.6 Å². The molecule has 8 nitrogen and oxygen atoms in total. The minimum Gasteiger partial charge on any atom is -0.494 e. The SMILES string of the molecule is CCCCCOc1ccc(C(=O)OC(C)C(=O)Nc2cc(S(=O)(=O)N(C)C)ccc2C)cc1. The number of ether oxygens (including phenoxy) is 2. The summed E-state index contributed by atoms with van der Waals surface area (Å²) in [4.78, 5) is 25.1. The van der Waals surface area contributed by atoms with Gasteiger partial charge in [0.25, 0.3) is 5.91 Å². The third-order valence-corrected chi connectivity index (χ3v) is 6.82. The molecule has 1 atom stereocenters. The first-order valence-electron chi connectivity index (χ1n) is 10.8. The van der Waals surface area contributed by atoms with Gasteiger partial charge in [0, 0.05) is 19.8 Å². The summed E-state index contributed by atoms with van der Waals surface area (Å²) in [5.41, 5.74) is 1.30. The number of amides is 1. The molecule has 2 aromatic rings. The molecule has 0 saturated carbocycles. The summed E-state index contributed by atoms with van der Waals surface area (Å²) < 4.78 is 36.7. The van der Waals surface area contributed by atoms with Crippen LogP contribution < -0.4 is 10.1 Å². The number of anilines is 1. The standard InChI is InChI=1S/C24H32N2O6S/c1-6-7-8-15-31-20-12-10-19(11-13-20)24(28)32-18(3)23(27)25-22-16-21(14-9-17(22)2)33(29,30)26(4)5/h9-14,16,18H,6-8,15H2,1-5H3,(H,25,27). The van der Waals surface area contributed by atoms with Crippen molar-refractivity contribution in [3.63, 3.8) is 0 Å². The minimum atomic E-state index is -3.65. The molecule has 0 bridgehead atoms. The number of hydrogen-bond acceptors (Lipinski definition) is 6. The minimum absolute atomic E-state index is 0.0510. The number of benzene rings is 2. The van der Waals surface area contributed by atoms with E-state index in [4.69, 9.17) is 9.47 Å². The van der Waals surface area contributed by atoms with Crippen LogP contribution in [-0.4, -0.2) is 51.4 Å². The quantitative estimate of drug-likeness (QED) is 0.389. The fourth-order valence-electron chi connectivity index (χ4n) is 2.85. The molecule has 0 aromatic heterocycles. The summed E-state index contributed by atoms with van der Waals surface area (Å²) in [5, 5.41) is 2.64. The van der Waals surface area contributed by atoms with Crippen molar-refractivity contribution in [2.75, 3.05) is 26.0 Å². The van der Waals surface area contributed by atoms with E-state index in [1.54, 1.807) is 37.3 Å². The van der Waals surface area contributed by atoms with Gasteiger partial charge < -0.3 is 14.8 Å². The molecule has 0 radical (unpaired) electrons. The molecule has 0 spiro atoms. The average molecular weight is 477 g/mol. The molecule has 0 saturated heterocycles. The van der Waals surface area contributed by atoms with Crippen molar-refractivity contribution in [3.05, 3.63) is 53.6 Å². The summed E-state index contributed by atoms with van der Waals surface area (Å²) in [6.45, 7) is 5.93. The summed E-state index contributed by atoms with van der Waals surface area (Å²) in [7, 11) is -0.792. The van der Waals surface area contributed by atoms with E-state index in [0.29, 0.717) is 29.2 Å². The highest BCUT2D eigenvalue weighted by atomic mass is 32.2. The lowest BCUT2D eigenvalue weighted by Gasteiger charge is -2.17. The summed E-state index contributed by atoms with van der Waals surface area (Å²) in [6, 6.07) is 11.0. The number of sulfonamides is 1. The van der Waals surface area contributed by atoms with Crippen LogP contribution >= 0.6 is 0 Å². The smallest absolute Gasteiger partial charge is 0.338 e. The Morgan fingerprint density at radius 3 is 2.33 bits per heavy atom. The lowest BCUT2D eigenvalue weighted by molar-refractivity contribution is -0.123. The van der Waals surface area contributed by atoms with E-state index >= 15 is 0 Å². The zero-order valence-corrected chi connectivity index (χ0v) is 20.6. The normalized spacial score (nSPS) is 12.3. The molecule has 2 aromatic carbocycles. The molecule has 0 fully saturated rings. The number of nitrogens with zero attached hydrogens (tertiary/aromatic N) is 1. The zero-order valence-electron chi connectivity index (χ0n) is 19.8. The molecule has 0 aliphatic heterocycles. The highest BCUT2D eigenvalue weighted by Gasteiger charge is 2.22. The number of hydrogen-bond donors (Lipinski definition) is 1. The van der Waals surface area contributed by atoms with Crippen molar-refractivity contribution in [1.29, 1.82) is 0 Å². The summed E-state index contributed by atoms with van der Waals surface area (Å²) in [6.07, 6.45) is 2.09. The average Bonchev–Trinajstić information content (AvgIpc) is 2.78. The zero-order chi connectivity index (χ0) is 24.6. The van der Waals surface area contributed by atoms with Crippen molar-refractivity contribution in [3.8, 4) is 5.75 Å². The third-order valence-electron chi connectivity index (χ3n) is 5.01. The van der Waals surface area contributed by atoms with E-state index in [2.05, 4.69) is 12.2 Å². The molecule has 1 unspecified atom stereocenters. The molecule has 2 rings (SSSR count). The van der Waals surface area contributed by atoms with Gasteiger partial charge in [-0.25, -0.2) is 17.5 Å². The van der Waals surface area contributed by atoms with E-state index in [-0.39, 0.29) is 4.90 Å². The van der Waals surface area contributed by atoms with E-state index in [9.17, 15) is 18.0 Å². The van der Waals surface area contributed by atoms with E-state index < -0.39 is 28.0 Å². The van der Waals surface area contributed by atoms with Crippen LogP contribution in [0.4, 0.5) is 5.69 Å². The van der Waals surface area contributed by atoms with Gasteiger partial charge in [0.1, 0.15) is 5.75 Å². The van der Waals surface area contributed by atoms with E-state index in [0.717, 1.165) is 23.6 Å². The van der Waals surface area contributed by atoms with Gasteiger partial charge in [-0.2, -0.15) is 0 Å². The lowest BCUT2D eigenvalue weighted by atomic mass is 10.2. The number of nitrogens with one attached hydrogen (secondary N) is 1. The Bertz CT molecular complexity index is 1060. The van der Waals surface area contributed by atoms with Gasteiger partial charge in [-0.05, 0) is 62.2 Å². The van der Waals surface area contributed by atoms with Crippen LogP contribution in [0.1, 0.15) is 49.0 Å². The maximum absolute atomic E-state index is 12.6. The number of unbranched alkanes of at least 4 members (excludes halogenated alkanes) is 2. The monoisotopic (exact) mass is 476 g/mol. The van der Waals surface area contributed by atoms with Crippen LogP contribution in [0.15, 0.2) is 47.4 Å². The lowest BCUT2D eigenvalue weighted by Crippen LogP contribution is -2.30. The van der Waals surface area contributed by atoms with Gasteiger partial charge in [0.15, 0.2) is 6.10 Å². The number of esters is 1. The maximum Gasteiger partial charge on any atom is 0.338 e. The van der Waals surface area contributed by atoms with Gasteiger partial charge in [-0.15, -0.1) is 0 Å².